The predicted octanol–water partition coefficient (Wildman–Crippen LogP) is 3.43. The van der Waals surface area contributed by atoms with E-state index in [0.29, 0.717) is 25.9 Å². The summed E-state index contributed by atoms with van der Waals surface area (Å²) in [5.41, 5.74) is 2.25. The van der Waals surface area contributed by atoms with E-state index < -0.39 is 21.2 Å². The van der Waals surface area contributed by atoms with Crippen LogP contribution in [-0.4, -0.2) is 25.3 Å². The lowest BCUT2D eigenvalue weighted by Crippen LogP contribution is -2.26. The minimum absolute atomic E-state index is 0.455. The van der Waals surface area contributed by atoms with Crippen molar-refractivity contribution in [2.75, 3.05) is 13.1 Å². The fourth-order valence-corrected chi connectivity index (χ4v) is 2.41. The SMILES string of the molecule is O=C(NCCc1ccccc1)OPOC(=O)NCCc1ccccc1. The van der Waals surface area contributed by atoms with E-state index in [1.165, 1.54) is 0 Å². The Labute approximate surface area is 148 Å². The van der Waals surface area contributed by atoms with E-state index in [4.69, 9.17) is 9.05 Å². The average Bonchev–Trinajstić information content (AvgIpc) is 2.63. The number of carbonyl (C=O) groups excluding carboxylic acids is 2. The second-order valence-electron chi connectivity index (χ2n) is 5.19. The summed E-state index contributed by atoms with van der Waals surface area (Å²) in [6, 6.07) is 19.6. The minimum atomic E-state index is -0.676. The van der Waals surface area contributed by atoms with Crippen LogP contribution in [0.2, 0.25) is 0 Å². The first kappa shape index (κ1) is 18.7. The van der Waals surface area contributed by atoms with Crippen molar-refractivity contribution >= 4 is 21.2 Å². The summed E-state index contributed by atoms with van der Waals surface area (Å²) < 4.78 is 9.62. The van der Waals surface area contributed by atoms with Crippen LogP contribution >= 0.6 is 9.03 Å². The van der Waals surface area contributed by atoms with Gasteiger partial charge in [0.2, 0.25) is 0 Å². The van der Waals surface area contributed by atoms with Crippen molar-refractivity contribution in [2.24, 2.45) is 0 Å². The van der Waals surface area contributed by atoms with Crippen LogP contribution in [0.15, 0.2) is 60.7 Å². The molecule has 0 radical (unpaired) electrons. The molecule has 2 amide bonds. The van der Waals surface area contributed by atoms with Crippen LogP contribution in [0, 0.1) is 0 Å². The molecule has 0 heterocycles. The third kappa shape index (κ3) is 8.18. The molecule has 2 aromatic carbocycles. The first-order chi connectivity index (χ1) is 12.2. The van der Waals surface area contributed by atoms with Crippen molar-refractivity contribution in [1.82, 2.24) is 10.6 Å². The van der Waals surface area contributed by atoms with Gasteiger partial charge in [-0.1, -0.05) is 60.7 Å². The summed E-state index contributed by atoms with van der Waals surface area (Å²) in [4.78, 5) is 23.0. The Bertz CT molecular complexity index is 595. The lowest BCUT2D eigenvalue weighted by atomic mass is 10.1. The zero-order valence-electron chi connectivity index (χ0n) is 13.7. The summed E-state index contributed by atoms with van der Waals surface area (Å²) in [7, 11) is -0.676. The van der Waals surface area contributed by atoms with E-state index in [9.17, 15) is 9.59 Å². The zero-order valence-corrected chi connectivity index (χ0v) is 14.7. The van der Waals surface area contributed by atoms with Crippen molar-refractivity contribution in [1.29, 1.82) is 0 Å². The van der Waals surface area contributed by atoms with E-state index in [2.05, 4.69) is 10.6 Å². The fourth-order valence-electron chi connectivity index (χ4n) is 2.08. The maximum absolute atomic E-state index is 11.5. The van der Waals surface area contributed by atoms with Gasteiger partial charge in [-0.2, -0.15) is 0 Å². The summed E-state index contributed by atoms with van der Waals surface area (Å²) in [5, 5.41) is 5.21. The summed E-state index contributed by atoms with van der Waals surface area (Å²) in [5.74, 6) is 0. The molecule has 2 aromatic rings. The Hall–Kier alpha value is -2.59. The van der Waals surface area contributed by atoms with Crippen LogP contribution in [0.25, 0.3) is 0 Å². The lowest BCUT2D eigenvalue weighted by Gasteiger charge is -2.08. The molecule has 2 rings (SSSR count). The van der Waals surface area contributed by atoms with Gasteiger partial charge in [-0.3, -0.25) is 0 Å². The molecule has 0 saturated heterocycles. The van der Waals surface area contributed by atoms with Crippen molar-refractivity contribution < 1.29 is 18.6 Å². The standard InChI is InChI=1S/C18H21N2O4P/c21-17(19-13-11-15-7-3-1-4-8-15)23-25-24-18(22)20-14-12-16-9-5-2-6-10-16/h1-10,25H,11-14H2,(H,19,21)(H,20,22). The molecule has 2 N–H and O–H groups in total. The molecule has 0 fully saturated rings. The summed E-state index contributed by atoms with van der Waals surface area (Å²) in [6.07, 6.45) is 0.206. The highest BCUT2D eigenvalue weighted by atomic mass is 31.1. The van der Waals surface area contributed by atoms with E-state index in [1.54, 1.807) is 0 Å². The Kier molecular flexibility index (Phi) is 8.29. The second-order valence-corrected chi connectivity index (χ2v) is 5.76. The molecule has 0 bridgehead atoms. The highest BCUT2D eigenvalue weighted by Gasteiger charge is 2.06. The number of benzene rings is 2. The van der Waals surface area contributed by atoms with E-state index >= 15 is 0 Å². The van der Waals surface area contributed by atoms with Gasteiger partial charge in [0.1, 0.15) is 0 Å². The van der Waals surface area contributed by atoms with Crippen LogP contribution in [0.4, 0.5) is 9.59 Å². The highest BCUT2D eigenvalue weighted by molar-refractivity contribution is 7.27. The average molecular weight is 360 g/mol. The topological polar surface area (TPSA) is 76.7 Å². The minimum Gasteiger partial charge on any atom is -0.392 e. The van der Waals surface area contributed by atoms with Gasteiger partial charge in [-0.05, 0) is 24.0 Å². The van der Waals surface area contributed by atoms with Crippen LogP contribution < -0.4 is 10.6 Å². The van der Waals surface area contributed by atoms with Gasteiger partial charge < -0.3 is 19.7 Å². The maximum Gasteiger partial charge on any atom is 0.412 e. The van der Waals surface area contributed by atoms with Gasteiger partial charge in [-0.25, -0.2) is 9.59 Å². The molecule has 0 saturated carbocycles. The Morgan fingerprint density at radius 2 is 1.12 bits per heavy atom. The van der Waals surface area contributed by atoms with Crippen molar-refractivity contribution in [3.05, 3.63) is 71.8 Å². The number of hydrogen-bond donors (Lipinski definition) is 2. The first-order valence-corrected chi connectivity index (χ1v) is 8.78. The summed E-state index contributed by atoms with van der Waals surface area (Å²) >= 11 is 0. The number of nitrogens with one attached hydrogen (secondary N) is 2. The molecule has 25 heavy (non-hydrogen) atoms. The smallest absolute Gasteiger partial charge is 0.392 e. The first-order valence-electron chi connectivity index (χ1n) is 7.96. The van der Waals surface area contributed by atoms with Crippen LogP contribution in [0.5, 0.6) is 0 Å². The maximum atomic E-state index is 11.5. The molecule has 0 aliphatic heterocycles. The summed E-state index contributed by atoms with van der Waals surface area (Å²) in [6.45, 7) is 0.910. The van der Waals surface area contributed by atoms with Crippen molar-refractivity contribution in [3.63, 3.8) is 0 Å². The van der Waals surface area contributed by atoms with Crippen molar-refractivity contribution in [3.8, 4) is 0 Å². The number of rotatable bonds is 8. The molecular weight excluding hydrogens is 339 g/mol. The van der Waals surface area contributed by atoms with E-state index in [-0.39, 0.29) is 0 Å². The number of carbonyl (C=O) groups is 2. The van der Waals surface area contributed by atoms with Gasteiger partial charge in [0.15, 0.2) is 0 Å². The number of hydrogen-bond acceptors (Lipinski definition) is 4. The normalized spacial score (nSPS) is 9.92. The molecular formula is C18H21N2O4P. The van der Waals surface area contributed by atoms with Gasteiger partial charge in [0.25, 0.3) is 9.03 Å². The third-order valence-corrected chi connectivity index (χ3v) is 3.86. The molecule has 0 aliphatic carbocycles. The molecule has 132 valence electrons. The van der Waals surface area contributed by atoms with Gasteiger partial charge >= 0.3 is 12.2 Å². The molecule has 0 aromatic heterocycles. The Balaban J connectivity index is 1.49. The highest BCUT2D eigenvalue weighted by Crippen LogP contribution is 2.13. The Morgan fingerprint density at radius 1 is 0.720 bits per heavy atom. The van der Waals surface area contributed by atoms with E-state index in [1.807, 2.05) is 60.7 Å². The third-order valence-electron chi connectivity index (χ3n) is 3.32. The largest absolute Gasteiger partial charge is 0.412 e. The molecule has 0 spiro atoms. The quantitative estimate of drug-likeness (QED) is 0.707. The van der Waals surface area contributed by atoms with Gasteiger partial charge in [0.05, 0.1) is 0 Å². The van der Waals surface area contributed by atoms with Gasteiger partial charge in [-0.15, -0.1) is 0 Å². The monoisotopic (exact) mass is 360 g/mol. The number of amides is 2. The fraction of sp³-hybridized carbons (Fsp3) is 0.222. The van der Waals surface area contributed by atoms with Crippen LogP contribution in [0.3, 0.4) is 0 Å². The molecule has 0 atom stereocenters. The van der Waals surface area contributed by atoms with Crippen molar-refractivity contribution in [2.45, 2.75) is 12.8 Å². The van der Waals surface area contributed by atoms with E-state index in [0.717, 1.165) is 11.1 Å². The predicted molar refractivity (Wildman–Crippen MR) is 97.6 cm³/mol. The Morgan fingerprint density at radius 3 is 1.52 bits per heavy atom. The van der Waals surface area contributed by atoms with Crippen LogP contribution in [-0.2, 0) is 21.9 Å². The molecule has 7 heteroatoms. The molecule has 6 nitrogen and oxygen atoms in total. The molecule has 0 aliphatic rings. The molecule has 0 unspecified atom stereocenters. The van der Waals surface area contributed by atoms with Gasteiger partial charge in [0, 0.05) is 13.1 Å². The zero-order chi connectivity index (χ0) is 17.7. The second kappa shape index (κ2) is 11.0. The van der Waals surface area contributed by atoms with Crippen LogP contribution in [0.1, 0.15) is 11.1 Å². The lowest BCUT2D eigenvalue weighted by molar-refractivity contribution is 0.190.